The van der Waals surface area contributed by atoms with Crippen LogP contribution in [0.3, 0.4) is 0 Å². The van der Waals surface area contributed by atoms with E-state index in [9.17, 15) is 23.2 Å². The number of carbonyl (C=O) groups excluding carboxylic acids is 3. The molecule has 1 heterocycles. The lowest BCUT2D eigenvalue weighted by molar-refractivity contribution is -0.133. The number of alkyl halides is 2. The number of amides is 4. The van der Waals surface area contributed by atoms with Gasteiger partial charge in [-0.15, -0.1) is 0 Å². The van der Waals surface area contributed by atoms with Crippen molar-refractivity contribution in [1.29, 1.82) is 0 Å². The van der Waals surface area contributed by atoms with Crippen LogP contribution in [0.1, 0.15) is 31.4 Å². The molecule has 0 aliphatic carbocycles. The van der Waals surface area contributed by atoms with E-state index in [1.807, 2.05) is 12.1 Å². The Balaban J connectivity index is 1.68. The predicted octanol–water partition coefficient (Wildman–Crippen LogP) is 4.30. The van der Waals surface area contributed by atoms with E-state index in [1.165, 1.54) is 18.2 Å². The van der Waals surface area contributed by atoms with Gasteiger partial charge in [0.25, 0.3) is 5.91 Å². The summed E-state index contributed by atoms with van der Waals surface area (Å²) in [5.74, 6) is -1.45. The van der Waals surface area contributed by atoms with Crippen molar-refractivity contribution >= 4 is 35.1 Å². The molecule has 3 rings (SSSR count). The maximum atomic E-state index is 13.0. The Labute approximate surface area is 188 Å². The molecule has 7 nitrogen and oxygen atoms in total. The minimum absolute atomic E-state index is 0.128. The summed E-state index contributed by atoms with van der Waals surface area (Å²) in [6, 6.07) is 10.4. The molecule has 1 aliphatic rings. The number of aryl methyl sites for hydroxylation is 1. The van der Waals surface area contributed by atoms with Gasteiger partial charge in [-0.2, -0.15) is 8.78 Å². The third-order valence-corrected chi connectivity index (χ3v) is 5.37. The first kappa shape index (κ1) is 23.5. The van der Waals surface area contributed by atoms with Gasteiger partial charge in [-0.1, -0.05) is 49.2 Å². The number of hydrogen-bond donors (Lipinski definition) is 2. The maximum absolute atomic E-state index is 13.0. The summed E-state index contributed by atoms with van der Waals surface area (Å²) in [7, 11) is 0. The second-order valence-corrected chi connectivity index (χ2v) is 7.87. The van der Waals surface area contributed by atoms with Crippen LogP contribution in [0.4, 0.5) is 19.3 Å². The van der Waals surface area contributed by atoms with Crippen molar-refractivity contribution < 1.29 is 27.9 Å². The Morgan fingerprint density at radius 2 is 1.91 bits per heavy atom. The number of hydrogen-bond acceptors (Lipinski definition) is 4. The largest absolute Gasteiger partial charge is 0.433 e. The number of imide groups is 1. The first-order valence-electron chi connectivity index (χ1n) is 9.91. The molecule has 4 amide bonds. The van der Waals surface area contributed by atoms with Crippen LogP contribution < -0.4 is 15.4 Å². The molecular weight excluding hydrogens is 444 g/mol. The van der Waals surface area contributed by atoms with E-state index in [-0.39, 0.29) is 16.5 Å². The van der Waals surface area contributed by atoms with Gasteiger partial charge in [-0.25, -0.2) is 4.79 Å². The van der Waals surface area contributed by atoms with E-state index >= 15 is 0 Å². The molecule has 1 atom stereocenters. The Hall–Kier alpha value is -3.20. The number of rotatable bonds is 8. The standard InChI is InChI=1S/C22H22ClF2N3O4/c1-3-4-13-5-7-14(8-6-13)22(2)19(30)28(21(31)27-22)12-18(29)26-15-9-10-17(16(23)11-15)32-20(24)25/h5-11,20H,3-4,12H2,1-2H3,(H,26,29)(H,27,31). The van der Waals surface area contributed by atoms with Crippen molar-refractivity contribution in [3.8, 4) is 5.75 Å². The molecule has 0 bridgehead atoms. The lowest BCUT2D eigenvalue weighted by Crippen LogP contribution is -2.42. The van der Waals surface area contributed by atoms with Crippen LogP contribution in [0.15, 0.2) is 42.5 Å². The minimum Gasteiger partial charge on any atom is -0.433 e. The SMILES string of the molecule is CCCc1ccc(C2(C)NC(=O)N(CC(=O)Nc3ccc(OC(F)F)c(Cl)c3)C2=O)cc1. The lowest BCUT2D eigenvalue weighted by atomic mass is 9.91. The number of ether oxygens (including phenoxy) is 1. The number of nitrogens with zero attached hydrogens (tertiary/aromatic N) is 1. The molecule has 32 heavy (non-hydrogen) atoms. The van der Waals surface area contributed by atoms with E-state index in [0.717, 1.165) is 23.3 Å². The number of halogens is 3. The molecule has 2 aromatic rings. The van der Waals surface area contributed by atoms with Crippen LogP contribution in [-0.4, -0.2) is 35.9 Å². The molecule has 2 aromatic carbocycles. The molecule has 1 unspecified atom stereocenters. The Bertz CT molecular complexity index is 1030. The summed E-state index contributed by atoms with van der Waals surface area (Å²) in [6.45, 7) is 0.0887. The fourth-order valence-electron chi connectivity index (χ4n) is 3.44. The molecule has 170 valence electrons. The molecule has 1 aliphatic heterocycles. The monoisotopic (exact) mass is 465 g/mol. The maximum Gasteiger partial charge on any atom is 0.387 e. The van der Waals surface area contributed by atoms with Gasteiger partial charge < -0.3 is 15.4 Å². The molecule has 0 spiro atoms. The number of urea groups is 1. The number of benzene rings is 2. The zero-order chi connectivity index (χ0) is 23.5. The fourth-order valence-corrected chi connectivity index (χ4v) is 3.67. The van der Waals surface area contributed by atoms with Crippen LogP contribution in [-0.2, 0) is 21.5 Å². The Kier molecular flexibility index (Phi) is 6.98. The predicted molar refractivity (Wildman–Crippen MR) is 115 cm³/mol. The first-order chi connectivity index (χ1) is 15.1. The second-order valence-electron chi connectivity index (χ2n) is 7.47. The third kappa shape index (κ3) is 4.99. The van der Waals surface area contributed by atoms with Gasteiger partial charge in [0.1, 0.15) is 17.8 Å². The van der Waals surface area contributed by atoms with E-state index in [0.29, 0.717) is 5.56 Å². The normalized spacial score (nSPS) is 18.1. The highest BCUT2D eigenvalue weighted by Crippen LogP contribution is 2.30. The number of nitrogens with one attached hydrogen (secondary N) is 2. The average molecular weight is 466 g/mol. The summed E-state index contributed by atoms with van der Waals surface area (Å²) >= 11 is 5.87. The highest BCUT2D eigenvalue weighted by Gasteiger charge is 2.49. The van der Waals surface area contributed by atoms with Gasteiger partial charge in [0.15, 0.2) is 0 Å². The number of anilines is 1. The van der Waals surface area contributed by atoms with Gasteiger partial charge in [0.2, 0.25) is 5.91 Å². The van der Waals surface area contributed by atoms with Crippen LogP contribution in [0, 0.1) is 0 Å². The average Bonchev–Trinajstić information content (AvgIpc) is 2.94. The molecule has 10 heteroatoms. The Morgan fingerprint density at radius 1 is 1.22 bits per heavy atom. The molecule has 1 fully saturated rings. The summed E-state index contributed by atoms with van der Waals surface area (Å²) in [4.78, 5) is 38.7. The minimum atomic E-state index is -3.04. The van der Waals surface area contributed by atoms with Crippen molar-refractivity contribution in [3.05, 3.63) is 58.6 Å². The topological polar surface area (TPSA) is 87.7 Å². The molecule has 0 aromatic heterocycles. The van der Waals surface area contributed by atoms with Crippen LogP contribution in [0.2, 0.25) is 5.02 Å². The summed E-state index contributed by atoms with van der Waals surface area (Å²) < 4.78 is 28.9. The van der Waals surface area contributed by atoms with Crippen molar-refractivity contribution in [3.63, 3.8) is 0 Å². The second kappa shape index (κ2) is 9.52. The fraction of sp³-hybridized carbons (Fsp3) is 0.318. The van der Waals surface area contributed by atoms with E-state index in [2.05, 4.69) is 22.3 Å². The van der Waals surface area contributed by atoms with Gasteiger partial charge in [0.05, 0.1) is 5.02 Å². The van der Waals surface area contributed by atoms with Crippen molar-refractivity contribution in [2.24, 2.45) is 0 Å². The van der Waals surface area contributed by atoms with E-state index in [4.69, 9.17) is 11.6 Å². The lowest BCUT2D eigenvalue weighted by Gasteiger charge is -2.22. The third-order valence-electron chi connectivity index (χ3n) is 5.08. The highest BCUT2D eigenvalue weighted by atomic mass is 35.5. The summed E-state index contributed by atoms with van der Waals surface area (Å²) in [5, 5.41) is 5.00. The molecule has 2 N–H and O–H groups in total. The molecule has 1 saturated heterocycles. The first-order valence-corrected chi connectivity index (χ1v) is 10.3. The summed E-state index contributed by atoms with van der Waals surface area (Å²) in [6.07, 6.45) is 1.89. The molecule has 0 radical (unpaired) electrons. The van der Waals surface area contributed by atoms with Gasteiger partial charge in [0, 0.05) is 5.69 Å². The summed E-state index contributed by atoms with van der Waals surface area (Å²) in [5.41, 5.74) is 0.638. The van der Waals surface area contributed by atoms with E-state index in [1.54, 1.807) is 19.1 Å². The van der Waals surface area contributed by atoms with E-state index < -0.39 is 36.5 Å². The van der Waals surface area contributed by atoms with Crippen molar-refractivity contribution in [1.82, 2.24) is 10.2 Å². The molecular formula is C22H22ClF2N3O4. The van der Waals surface area contributed by atoms with Crippen molar-refractivity contribution in [2.45, 2.75) is 38.8 Å². The van der Waals surface area contributed by atoms with Crippen LogP contribution >= 0.6 is 11.6 Å². The van der Waals surface area contributed by atoms with Gasteiger partial charge in [-0.3, -0.25) is 14.5 Å². The van der Waals surface area contributed by atoms with Crippen LogP contribution in [0.5, 0.6) is 5.75 Å². The van der Waals surface area contributed by atoms with Gasteiger partial charge in [-0.05, 0) is 42.7 Å². The highest BCUT2D eigenvalue weighted by molar-refractivity contribution is 6.32. The van der Waals surface area contributed by atoms with Crippen LogP contribution in [0.25, 0.3) is 0 Å². The zero-order valence-corrected chi connectivity index (χ0v) is 18.2. The number of carbonyl (C=O) groups is 3. The smallest absolute Gasteiger partial charge is 0.387 e. The van der Waals surface area contributed by atoms with Gasteiger partial charge >= 0.3 is 12.6 Å². The zero-order valence-electron chi connectivity index (χ0n) is 17.5. The molecule has 0 saturated carbocycles. The van der Waals surface area contributed by atoms with Crippen molar-refractivity contribution in [2.75, 3.05) is 11.9 Å². The quantitative estimate of drug-likeness (QED) is 0.569. The Morgan fingerprint density at radius 3 is 2.50 bits per heavy atom.